The molecule has 0 bridgehead atoms. The van der Waals surface area contributed by atoms with Gasteiger partial charge in [0.15, 0.2) is 0 Å². The molecule has 1 aromatic heterocycles. The quantitative estimate of drug-likeness (QED) is 0.803. The van der Waals surface area contributed by atoms with Gasteiger partial charge in [-0.15, -0.1) is 0 Å². The zero-order valence-corrected chi connectivity index (χ0v) is 7.05. The number of aliphatic carboxylic acids is 1. The van der Waals surface area contributed by atoms with Gasteiger partial charge >= 0.3 is 18.0 Å². The number of carboxylic acid groups (broad SMARTS) is 1. The van der Waals surface area contributed by atoms with Crippen molar-refractivity contribution in [1.29, 1.82) is 0 Å². The average Bonchev–Trinajstić information content (AvgIpc) is 2.30. The van der Waals surface area contributed by atoms with Crippen molar-refractivity contribution in [3.05, 3.63) is 17.3 Å². The van der Waals surface area contributed by atoms with Gasteiger partial charge in [-0.25, -0.2) is 4.98 Å². The average molecular weight is 209 g/mol. The lowest BCUT2D eigenvalue weighted by atomic mass is 10.3. The summed E-state index contributed by atoms with van der Waals surface area (Å²) in [4.78, 5) is 13.3. The van der Waals surface area contributed by atoms with E-state index in [2.05, 4.69) is 9.40 Å². The smallest absolute Gasteiger partial charge is 0.468 e. The molecule has 0 fully saturated rings. The first-order valence-electron chi connectivity index (χ1n) is 3.56. The topological polar surface area (TPSA) is 63.3 Å². The Labute approximate surface area is 76.4 Å². The minimum Gasteiger partial charge on any atom is -0.481 e. The van der Waals surface area contributed by atoms with Crippen LogP contribution in [0.25, 0.3) is 0 Å². The van der Waals surface area contributed by atoms with E-state index < -0.39 is 24.5 Å². The summed E-state index contributed by atoms with van der Waals surface area (Å²) in [7, 11) is 0. The van der Waals surface area contributed by atoms with Crippen LogP contribution < -0.4 is 0 Å². The maximum Gasteiger partial charge on any atom is 0.468 e. The largest absolute Gasteiger partial charge is 0.481 e. The highest BCUT2D eigenvalue weighted by molar-refractivity contribution is 5.69. The third-order valence-electron chi connectivity index (χ3n) is 1.45. The van der Waals surface area contributed by atoms with Crippen molar-refractivity contribution in [1.82, 2.24) is 4.98 Å². The number of hydrogen-bond acceptors (Lipinski definition) is 3. The van der Waals surface area contributed by atoms with Gasteiger partial charge in [-0.2, -0.15) is 13.2 Å². The standard InChI is InChI=1S/C7H6F3NO3/c1-3-4(2-5(12)13)11-6(14-3)7(8,9)10/h2H2,1H3,(H,12,13). The maximum atomic E-state index is 12.0. The molecule has 0 aliphatic heterocycles. The predicted molar refractivity (Wildman–Crippen MR) is 37.6 cm³/mol. The van der Waals surface area contributed by atoms with Gasteiger partial charge in [-0.3, -0.25) is 4.79 Å². The number of alkyl halides is 3. The van der Waals surface area contributed by atoms with Gasteiger partial charge < -0.3 is 9.52 Å². The van der Waals surface area contributed by atoms with E-state index in [4.69, 9.17) is 5.11 Å². The molecule has 14 heavy (non-hydrogen) atoms. The fraction of sp³-hybridized carbons (Fsp3) is 0.429. The molecule has 1 heterocycles. The van der Waals surface area contributed by atoms with E-state index in [9.17, 15) is 18.0 Å². The van der Waals surface area contributed by atoms with Crippen LogP contribution in [0.4, 0.5) is 13.2 Å². The SMILES string of the molecule is Cc1oc(C(F)(F)F)nc1CC(=O)O. The fourth-order valence-electron chi connectivity index (χ4n) is 0.857. The van der Waals surface area contributed by atoms with Gasteiger partial charge in [-0.1, -0.05) is 0 Å². The number of carboxylic acids is 1. The summed E-state index contributed by atoms with van der Waals surface area (Å²) in [6.07, 6.45) is -5.26. The molecule has 4 nitrogen and oxygen atoms in total. The summed E-state index contributed by atoms with van der Waals surface area (Å²) < 4.78 is 40.3. The number of oxazole rings is 1. The van der Waals surface area contributed by atoms with E-state index in [1.165, 1.54) is 6.92 Å². The second kappa shape index (κ2) is 3.32. The van der Waals surface area contributed by atoms with Gasteiger partial charge in [0.2, 0.25) is 0 Å². The molecule has 0 aromatic carbocycles. The number of carbonyl (C=O) groups is 1. The van der Waals surface area contributed by atoms with Crippen molar-refractivity contribution < 1.29 is 27.5 Å². The fourth-order valence-corrected chi connectivity index (χ4v) is 0.857. The van der Waals surface area contributed by atoms with Crippen LogP contribution in [-0.4, -0.2) is 16.1 Å². The Morgan fingerprint density at radius 1 is 1.57 bits per heavy atom. The van der Waals surface area contributed by atoms with Crippen LogP contribution in [0.1, 0.15) is 17.3 Å². The van der Waals surface area contributed by atoms with Crippen LogP contribution in [0.15, 0.2) is 4.42 Å². The van der Waals surface area contributed by atoms with Crippen molar-refractivity contribution in [3.8, 4) is 0 Å². The third kappa shape index (κ3) is 2.24. The van der Waals surface area contributed by atoms with E-state index in [1.54, 1.807) is 0 Å². The van der Waals surface area contributed by atoms with Crippen LogP contribution >= 0.6 is 0 Å². The molecule has 0 spiro atoms. The van der Waals surface area contributed by atoms with Gasteiger partial charge in [0.25, 0.3) is 0 Å². The second-order valence-corrected chi connectivity index (χ2v) is 2.59. The predicted octanol–water partition coefficient (Wildman–Crippen LogP) is 1.63. The lowest BCUT2D eigenvalue weighted by Crippen LogP contribution is -2.06. The molecular formula is C7H6F3NO3. The number of halogens is 3. The van der Waals surface area contributed by atoms with Crippen molar-refractivity contribution in [2.24, 2.45) is 0 Å². The first-order valence-corrected chi connectivity index (χ1v) is 3.56. The zero-order chi connectivity index (χ0) is 10.9. The molecule has 0 saturated carbocycles. The second-order valence-electron chi connectivity index (χ2n) is 2.59. The van der Waals surface area contributed by atoms with Crippen LogP contribution in [0, 0.1) is 6.92 Å². The van der Waals surface area contributed by atoms with E-state index in [-0.39, 0.29) is 11.5 Å². The van der Waals surface area contributed by atoms with Crippen molar-refractivity contribution in [2.75, 3.05) is 0 Å². The van der Waals surface area contributed by atoms with E-state index in [0.717, 1.165) is 0 Å². The van der Waals surface area contributed by atoms with Crippen LogP contribution in [0.2, 0.25) is 0 Å². The summed E-state index contributed by atoms with van der Waals surface area (Å²) >= 11 is 0. The van der Waals surface area contributed by atoms with Crippen molar-refractivity contribution >= 4 is 5.97 Å². The summed E-state index contributed by atoms with van der Waals surface area (Å²) in [6.45, 7) is 1.24. The van der Waals surface area contributed by atoms with Gasteiger partial charge in [0, 0.05) is 0 Å². The number of aromatic nitrogens is 1. The van der Waals surface area contributed by atoms with E-state index in [1.807, 2.05) is 0 Å². The number of aryl methyl sites for hydroxylation is 1. The third-order valence-corrected chi connectivity index (χ3v) is 1.45. The molecule has 0 amide bonds. The Kier molecular flexibility index (Phi) is 2.50. The minimum atomic E-state index is -4.68. The first-order chi connectivity index (χ1) is 6.30. The Bertz CT molecular complexity index is 356. The highest BCUT2D eigenvalue weighted by Gasteiger charge is 2.38. The highest BCUT2D eigenvalue weighted by Crippen LogP contribution is 2.29. The molecular weight excluding hydrogens is 203 g/mol. The lowest BCUT2D eigenvalue weighted by molar-refractivity contribution is -0.157. The number of hydrogen-bond donors (Lipinski definition) is 1. The van der Waals surface area contributed by atoms with Gasteiger partial charge in [-0.05, 0) is 6.92 Å². The van der Waals surface area contributed by atoms with Gasteiger partial charge in [0.05, 0.1) is 12.1 Å². The van der Waals surface area contributed by atoms with Gasteiger partial charge in [0.1, 0.15) is 5.76 Å². The van der Waals surface area contributed by atoms with Crippen LogP contribution in [-0.2, 0) is 17.4 Å². The molecule has 1 N–H and O–H groups in total. The maximum absolute atomic E-state index is 12.0. The Morgan fingerprint density at radius 3 is 2.50 bits per heavy atom. The minimum absolute atomic E-state index is 0.125. The molecule has 7 heteroatoms. The van der Waals surface area contributed by atoms with E-state index in [0.29, 0.717) is 0 Å². The Balaban J connectivity index is 2.99. The number of nitrogens with zero attached hydrogens (tertiary/aromatic N) is 1. The van der Waals surface area contributed by atoms with E-state index >= 15 is 0 Å². The molecule has 0 saturated heterocycles. The molecule has 0 radical (unpaired) electrons. The normalized spacial score (nSPS) is 11.7. The summed E-state index contributed by atoms with van der Waals surface area (Å²) in [6, 6.07) is 0. The monoisotopic (exact) mass is 209 g/mol. The Morgan fingerprint density at radius 2 is 2.14 bits per heavy atom. The Hall–Kier alpha value is -1.53. The molecule has 0 atom stereocenters. The van der Waals surface area contributed by atoms with Crippen molar-refractivity contribution in [2.45, 2.75) is 19.5 Å². The molecule has 0 aliphatic carbocycles. The molecule has 1 rings (SSSR count). The van der Waals surface area contributed by atoms with Crippen LogP contribution in [0.5, 0.6) is 0 Å². The molecule has 78 valence electrons. The van der Waals surface area contributed by atoms with Crippen molar-refractivity contribution in [3.63, 3.8) is 0 Å². The molecule has 0 aliphatic rings. The molecule has 1 aromatic rings. The zero-order valence-electron chi connectivity index (χ0n) is 7.05. The summed E-state index contributed by atoms with van der Waals surface area (Å²) in [5.74, 6) is -2.79. The van der Waals surface area contributed by atoms with Crippen LogP contribution in [0.3, 0.4) is 0 Å². The lowest BCUT2D eigenvalue weighted by Gasteiger charge is -1.97. The first kappa shape index (κ1) is 10.6. The molecule has 0 unspecified atom stereocenters. The highest BCUT2D eigenvalue weighted by atomic mass is 19.4. The summed E-state index contributed by atoms with van der Waals surface area (Å²) in [5, 5.41) is 8.34. The summed E-state index contributed by atoms with van der Waals surface area (Å²) in [5.41, 5.74) is -0.204. The number of rotatable bonds is 2.